The monoisotopic (exact) mass is 372 g/mol. The fourth-order valence-electron chi connectivity index (χ4n) is 2.39. The van der Waals surface area contributed by atoms with Crippen LogP contribution in [-0.4, -0.2) is 40.0 Å². The number of hydrogen-bond donors (Lipinski definition) is 2. The maximum Gasteiger partial charge on any atom is 0.339 e. The number of carbonyl (C=O) groups is 2. The number of benzene rings is 2. The molecule has 0 fully saturated rings. The number of ether oxygens (including phenoxy) is 2. The Morgan fingerprint density at radius 1 is 0.778 bits per heavy atom. The summed E-state index contributed by atoms with van der Waals surface area (Å²) >= 11 is 0. The van der Waals surface area contributed by atoms with Crippen molar-refractivity contribution in [3.05, 3.63) is 71.8 Å². The Labute approximate surface area is 158 Å². The summed E-state index contributed by atoms with van der Waals surface area (Å²) < 4.78 is 10.4. The Balaban J connectivity index is 2.17. The van der Waals surface area contributed by atoms with Gasteiger partial charge in [-0.1, -0.05) is 60.7 Å². The molecule has 2 N–H and O–H groups in total. The molecule has 0 aliphatic heterocycles. The van der Waals surface area contributed by atoms with Crippen molar-refractivity contribution < 1.29 is 29.3 Å². The van der Waals surface area contributed by atoms with Gasteiger partial charge in [-0.2, -0.15) is 0 Å². The van der Waals surface area contributed by atoms with Gasteiger partial charge in [-0.3, -0.25) is 0 Å². The van der Waals surface area contributed by atoms with E-state index in [9.17, 15) is 19.8 Å². The molecule has 6 heteroatoms. The molecule has 2 atom stereocenters. The van der Waals surface area contributed by atoms with Crippen LogP contribution in [-0.2, 0) is 19.1 Å². The summed E-state index contributed by atoms with van der Waals surface area (Å²) in [5.74, 6) is -2.21. The number of aliphatic hydroxyl groups is 2. The topological polar surface area (TPSA) is 93.1 Å². The fraction of sp³-hybridized carbons (Fsp3) is 0.333. The summed E-state index contributed by atoms with van der Waals surface area (Å²) in [7, 11) is 0. The van der Waals surface area contributed by atoms with Crippen LogP contribution in [0.2, 0.25) is 0 Å². The van der Waals surface area contributed by atoms with Gasteiger partial charge in [-0.05, 0) is 31.9 Å². The highest BCUT2D eigenvalue weighted by molar-refractivity contribution is 5.85. The Kier molecular flexibility index (Phi) is 6.71. The summed E-state index contributed by atoms with van der Waals surface area (Å²) in [6.45, 7) is 4.84. The predicted octanol–water partition coefficient (Wildman–Crippen LogP) is 2.38. The van der Waals surface area contributed by atoms with E-state index in [0.717, 1.165) is 0 Å². The highest BCUT2D eigenvalue weighted by atomic mass is 16.6. The summed E-state index contributed by atoms with van der Waals surface area (Å²) in [6.07, 6.45) is -4.89. The second kappa shape index (κ2) is 8.79. The van der Waals surface area contributed by atoms with E-state index in [-0.39, 0.29) is 0 Å². The van der Waals surface area contributed by atoms with Crippen LogP contribution in [0.5, 0.6) is 0 Å². The van der Waals surface area contributed by atoms with Crippen molar-refractivity contribution in [3.8, 4) is 0 Å². The van der Waals surface area contributed by atoms with Gasteiger partial charge in [0, 0.05) is 0 Å². The third-order valence-electron chi connectivity index (χ3n) is 3.63. The quantitative estimate of drug-likeness (QED) is 0.757. The number of carbonyl (C=O) groups excluding carboxylic acids is 2. The molecule has 0 heterocycles. The van der Waals surface area contributed by atoms with Gasteiger partial charge in [0.15, 0.2) is 18.3 Å². The van der Waals surface area contributed by atoms with Crippen molar-refractivity contribution in [1.29, 1.82) is 0 Å². The molecule has 0 aliphatic carbocycles. The van der Waals surface area contributed by atoms with Crippen LogP contribution in [0.4, 0.5) is 0 Å². The zero-order valence-electron chi connectivity index (χ0n) is 15.5. The van der Waals surface area contributed by atoms with Crippen molar-refractivity contribution in [2.24, 2.45) is 0 Å². The minimum absolute atomic E-state index is 0.691. The summed E-state index contributed by atoms with van der Waals surface area (Å²) in [4.78, 5) is 24.3. The zero-order chi connectivity index (χ0) is 20.0. The van der Waals surface area contributed by atoms with Crippen LogP contribution in [0, 0.1) is 0 Å². The van der Waals surface area contributed by atoms with Gasteiger partial charge < -0.3 is 19.7 Å². The lowest BCUT2D eigenvalue weighted by Crippen LogP contribution is -2.44. The molecule has 0 saturated heterocycles. The molecular weight excluding hydrogens is 348 g/mol. The van der Waals surface area contributed by atoms with Crippen molar-refractivity contribution in [3.63, 3.8) is 0 Å². The van der Waals surface area contributed by atoms with Crippen LogP contribution < -0.4 is 0 Å². The average molecular weight is 372 g/mol. The maximum absolute atomic E-state index is 12.4. The third kappa shape index (κ3) is 5.91. The standard InChI is InChI=1S/C21H24O6/c1-21(2,3)27-20(25)17(23)16(22)19(24)26-18(14-10-6-4-7-11-14)15-12-8-5-9-13-15/h4-13,16-18,22-23H,1-3H3/t16-,17-/m1/s1. The smallest absolute Gasteiger partial charge is 0.339 e. The van der Waals surface area contributed by atoms with E-state index in [0.29, 0.717) is 11.1 Å². The predicted molar refractivity (Wildman–Crippen MR) is 98.7 cm³/mol. The second-order valence-corrected chi connectivity index (χ2v) is 7.06. The van der Waals surface area contributed by atoms with E-state index in [1.807, 2.05) is 12.1 Å². The molecule has 0 saturated carbocycles. The van der Waals surface area contributed by atoms with Crippen molar-refractivity contribution in [2.75, 3.05) is 0 Å². The summed E-state index contributed by atoms with van der Waals surface area (Å²) in [5, 5.41) is 20.0. The molecule has 0 radical (unpaired) electrons. The number of aliphatic hydroxyl groups excluding tert-OH is 2. The largest absolute Gasteiger partial charge is 0.458 e. The van der Waals surface area contributed by atoms with E-state index in [4.69, 9.17) is 9.47 Å². The van der Waals surface area contributed by atoms with Crippen molar-refractivity contribution in [2.45, 2.75) is 44.7 Å². The van der Waals surface area contributed by atoms with E-state index < -0.39 is 35.9 Å². The van der Waals surface area contributed by atoms with Gasteiger partial charge in [-0.15, -0.1) is 0 Å². The van der Waals surface area contributed by atoms with Gasteiger partial charge >= 0.3 is 11.9 Å². The van der Waals surface area contributed by atoms with Gasteiger partial charge in [-0.25, -0.2) is 9.59 Å². The maximum atomic E-state index is 12.4. The van der Waals surface area contributed by atoms with Crippen molar-refractivity contribution in [1.82, 2.24) is 0 Å². The van der Waals surface area contributed by atoms with Gasteiger partial charge in [0.2, 0.25) is 0 Å². The van der Waals surface area contributed by atoms with E-state index in [1.165, 1.54) is 0 Å². The lowest BCUT2D eigenvalue weighted by atomic mass is 10.0. The molecule has 0 spiro atoms. The first-order chi connectivity index (χ1) is 12.7. The molecule has 0 aromatic heterocycles. The van der Waals surface area contributed by atoms with Gasteiger partial charge in [0.05, 0.1) is 0 Å². The Morgan fingerprint density at radius 2 is 1.19 bits per heavy atom. The van der Waals surface area contributed by atoms with Crippen molar-refractivity contribution >= 4 is 11.9 Å². The van der Waals surface area contributed by atoms with Crippen LogP contribution in [0.25, 0.3) is 0 Å². The summed E-state index contributed by atoms with van der Waals surface area (Å²) in [5.41, 5.74) is 0.519. The van der Waals surface area contributed by atoms with Crippen LogP contribution in [0.1, 0.15) is 38.0 Å². The molecule has 0 unspecified atom stereocenters. The van der Waals surface area contributed by atoms with Crippen LogP contribution in [0.3, 0.4) is 0 Å². The average Bonchev–Trinajstić information content (AvgIpc) is 2.64. The normalized spacial score (nSPS) is 13.7. The minimum atomic E-state index is -2.06. The molecule has 144 valence electrons. The first-order valence-electron chi connectivity index (χ1n) is 8.58. The highest BCUT2D eigenvalue weighted by Crippen LogP contribution is 2.26. The third-order valence-corrected chi connectivity index (χ3v) is 3.63. The fourth-order valence-corrected chi connectivity index (χ4v) is 2.39. The van der Waals surface area contributed by atoms with Crippen LogP contribution in [0.15, 0.2) is 60.7 Å². The molecule has 2 aromatic rings. The number of rotatable bonds is 6. The lowest BCUT2D eigenvalue weighted by molar-refractivity contribution is -0.181. The Morgan fingerprint density at radius 3 is 1.59 bits per heavy atom. The molecule has 6 nitrogen and oxygen atoms in total. The van der Waals surface area contributed by atoms with E-state index in [2.05, 4.69) is 0 Å². The molecule has 2 aromatic carbocycles. The highest BCUT2D eigenvalue weighted by Gasteiger charge is 2.36. The SMILES string of the molecule is CC(C)(C)OC(=O)[C@H](O)[C@@H](O)C(=O)OC(c1ccccc1)c1ccccc1. The molecule has 0 bridgehead atoms. The van der Waals surface area contributed by atoms with E-state index in [1.54, 1.807) is 69.3 Å². The second-order valence-electron chi connectivity index (χ2n) is 7.06. The van der Waals surface area contributed by atoms with Gasteiger partial charge in [0.25, 0.3) is 0 Å². The molecule has 0 amide bonds. The molecule has 27 heavy (non-hydrogen) atoms. The van der Waals surface area contributed by atoms with E-state index >= 15 is 0 Å². The van der Waals surface area contributed by atoms with Gasteiger partial charge in [0.1, 0.15) is 5.60 Å². The lowest BCUT2D eigenvalue weighted by Gasteiger charge is -2.25. The molecule has 2 rings (SSSR count). The first kappa shape index (κ1) is 20.6. The Bertz CT molecular complexity index is 712. The molecular formula is C21H24O6. The minimum Gasteiger partial charge on any atom is -0.458 e. The first-order valence-corrected chi connectivity index (χ1v) is 8.58. The van der Waals surface area contributed by atoms with Crippen LogP contribution >= 0.6 is 0 Å². The number of esters is 2. The summed E-state index contributed by atoms with van der Waals surface area (Å²) in [6, 6.07) is 18.0. The molecule has 0 aliphatic rings. The zero-order valence-corrected chi connectivity index (χ0v) is 15.5. The Hall–Kier alpha value is -2.70. The number of hydrogen-bond acceptors (Lipinski definition) is 6.